The number of hydrogen-bond donors (Lipinski definition) is 1. The molecule has 0 spiro atoms. The molecule has 0 aromatic heterocycles. The summed E-state index contributed by atoms with van der Waals surface area (Å²) < 4.78 is 22.5. The fraction of sp³-hybridized carbons (Fsp3) is 1.00. The van der Waals surface area contributed by atoms with Gasteiger partial charge in [0.2, 0.25) is 0 Å². The van der Waals surface area contributed by atoms with E-state index in [0.29, 0.717) is 12.0 Å². The van der Waals surface area contributed by atoms with Crippen molar-refractivity contribution in [2.75, 3.05) is 45.7 Å². The van der Waals surface area contributed by atoms with Crippen molar-refractivity contribution >= 4 is 9.84 Å². The average molecular weight is 290 g/mol. The average Bonchev–Trinajstić information content (AvgIpc) is 2.25. The lowest BCUT2D eigenvalue weighted by molar-refractivity contribution is 0.0966. The summed E-state index contributed by atoms with van der Waals surface area (Å²) in [7, 11) is 1.19. The Morgan fingerprint density at radius 3 is 2.63 bits per heavy atom. The minimum absolute atomic E-state index is 0.259. The molecule has 1 rings (SSSR count). The molecule has 4 nitrogen and oxygen atoms in total. The molecule has 0 heterocycles. The van der Waals surface area contributed by atoms with Crippen LogP contribution in [-0.2, 0) is 9.84 Å². The van der Waals surface area contributed by atoms with Gasteiger partial charge in [0.05, 0.1) is 5.75 Å². The third kappa shape index (κ3) is 6.23. The molecular formula is C14H30N2O2S. The molecular weight excluding hydrogens is 260 g/mol. The van der Waals surface area contributed by atoms with E-state index in [1.54, 1.807) is 0 Å². The molecule has 5 heteroatoms. The van der Waals surface area contributed by atoms with Gasteiger partial charge in [0.25, 0.3) is 0 Å². The molecule has 2 atom stereocenters. The van der Waals surface area contributed by atoms with Crippen molar-refractivity contribution in [3.8, 4) is 0 Å². The third-order valence-corrected chi connectivity index (χ3v) is 5.11. The zero-order chi connectivity index (χ0) is 14.5. The quantitative estimate of drug-likeness (QED) is 0.769. The van der Waals surface area contributed by atoms with Gasteiger partial charge in [-0.1, -0.05) is 19.8 Å². The largest absolute Gasteiger partial charge is 0.319 e. The highest BCUT2D eigenvalue weighted by Gasteiger charge is 2.35. The summed E-state index contributed by atoms with van der Waals surface area (Å²) in [4.78, 5) is 2.19. The summed E-state index contributed by atoms with van der Waals surface area (Å²) in [5.41, 5.74) is 0.318. The molecule has 0 saturated heterocycles. The van der Waals surface area contributed by atoms with E-state index >= 15 is 0 Å². The molecule has 1 aliphatic rings. The van der Waals surface area contributed by atoms with Gasteiger partial charge in [-0.3, -0.25) is 0 Å². The topological polar surface area (TPSA) is 49.4 Å². The lowest BCUT2D eigenvalue weighted by Gasteiger charge is -2.42. The van der Waals surface area contributed by atoms with Gasteiger partial charge in [-0.05, 0) is 38.3 Å². The summed E-state index contributed by atoms with van der Waals surface area (Å²) in [5.74, 6) is 1.04. The van der Waals surface area contributed by atoms with Gasteiger partial charge in [0.15, 0.2) is 0 Å². The highest BCUT2D eigenvalue weighted by Crippen LogP contribution is 2.39. The first-order valence-electron chi connectivity index (χ1n) is 7.27. The van der Waals surface area contributed by atoms with Crippen LogP contribution in [0.3, 0.4) is 0 Å². The van der Waals surface area contributed by atoms with Crippen LogP contribution in [0.5, 0.6) is 0 Å². The zero-order valence-corrected chi connectivity index (χ0v) is 13.7. The Labute approximate surface area is 118 Å². The van der Waals surface area contributed by atoms with Crippen LogP contribution in [0.25, 0.3) is 0 Å². The minimum atomic E-state index is -2.86. The van der Waals surface area contributed by atoms with Gasteiger partial charge < -0.3 is 10.2 Å². The van der Waals surface area contributed by atoms with E-state index < -0.39 is 9.84 Å². The van der Waals surface area contributed by atoms with Gasteiger partial charge in [-0.25, -0.2) is 8.42 Å². The van der Waals surface area contributed by atoms with E-state index in [4.69, 9.17) is 0 Å². The number of rotatable bonds is 7. The number of sulfone groups is 1. The van der Waals surface area contributed by atoms with Crippen molar-refractivity contribution in [3.05, 3.63) is 0 Å². The molecule has 1 aliphatic carbocycles. The molecule has 0 amide bonds. The van der Waals surface area contributed by atoms with Crippen molar-refractivity contribution < 1.29 is 8.42 Å². The predicted molar refractivity (Wildman–Crippen MR) is 81.2 cm³/mol. The lowest BCUT2D eigenvalue weighted by Crippen LogP contribution is -2.45. The van der Waals surface area contributed by atoms with Crippen LogP contribution in [0, 0.1) is 11.3 Å². The second-order valence-corrected chi connectivity index (χ2v) is 8.86. The molecule has 0 radical (unpaired) electrons. The fourth-order valence-corrected chi connectivity index (χ4v) is 4.12. The minimum Gasteiger partial charge on any atom is -0.319 e. The number of nitrogens with one attached hydrogen (secondary N) is 1. The Morgan fingerprint density at radius 1 is 1.42 bits per heavy atom. The molecule has 1 fully saturated rings. The highest BCUT2D eigenvalue weighted by molar-refractivity contribution is 7.90. The van der Waals surface area contributed by atoms with Crippen LogP contribution >= 0.6 is 0 Å². The highest BCUT2D eigenvalue weighted by atomic mass is 32.2. The summed E-state index contributed by atoms with van der Waals surface area (Å²) >= 11 is 0. The summed E-state index contributed by atoms with van der Waals surface area (Å²) in [6.07, 6.45) is 6.44. The zero-order valence-electron chi connectivity index (χ0n) is 12.9. The molecule has 114 valence electrons. The maximum Gasteiger partial charge on any atom is 0.148 e. The molecule has 0 aromatic carbocycles. The molecule has 19 heavy (non-hydrogen) atoms. The van der Waals surface area contributed by atoms with Crippen LogP contribution in [0.4, 0.5) is 0 Å². The van der Waals surface area contributed by atoms with E-state index in [1.807, 2.05) is 14.1 Å². The lowest BCUT2D eigenvalue weighted by atomic mass is 9.69. The van der Waals surface area contributed by atoms with Gasteiger partial charge in [-0.2, -0.15) is 0 Å². The third-order valence-electron chi connectivity index (χ3n) is 4.19. The van der Waals surface area contributed by atoms with Crippen LogP contribution < -0.4 is 5.32 Å². The van der Waals surface area contributed by atoms with Crippen molar-refractivity contribution in [2.45, 2.75) is 32.6 Å². The van der Waals surface area contributed by atoms with Crippen molar-refractivity contribution in [2.24, 2.45) is 11.3 Å². The molecule has 0 aliphatic heterocycles. The monoisotopic (exact) mass is 290 g/mol. The predicted octanol–water partition coefficient (Wildman–Crippen LogP) is 1.38. The smallest absolute Gasteiger partial charge is 0.148 e. The van der Waals surface area contributed by atoms with Crippen LogP contribution in [0.2, 0.25) is 0 Å². The van der Waals surface area contributed by atoms with E-state index in [0.717, 1.165) is 19.0 Å². The van der Waals surface area contributed by atoms with Crippen molar-refractivity contribution in [1.29, 1.82) is 0 Å². The normalized spacial score (nSPS) is 28.8. The van der Waals surface area contributed by atoms with Gasteiger partial charge in [-0.15, -0.1) is 0 Å². The number of nitrogens with zero attached hydrogens (tertiary/aromatic N) is 1. The van der Waals surface area contributed by atoms with Gasteiger partial charge >= 0.3 is 0 Å². The van der Waals surface area contributed by atoms with E-state index in [-0.39, 0.29) is 5.75 Å². The van der Waals surface area contributed by atoms with E-state index in [9.17, 15) is 8.42 Å². The number of hydrogen-bond acceptors (Lipinski definition) is 4. The Balaban J connectivity index is 2.57. The summed E-state index contributed by atoms with van der Waals surface area (Å²) in [5, 5.41) is 3.33. The maximum atomic E-state index is 11.2. The van der Waals surface area contributed by atoms with Crippen molar-refractivity contribution in [3.63, 3.8) is 0 Å². The first-order valence-corrected chi connectivity index (χ1v) is 9.33. The maximum absolute atomic E-state index is 11.2. The van der Waals surface area contributed by atoms with Crippen molar-refractivity contribution in [1.82, 2.24) is 10.2 Å². The summed E-state index contributed by atoms with van der Waals surface area (Å²) in [6.45, 7) is 4.99. The van der Waals surface area contributed by atoms with Crippen LogP contribution in [-0.4, -0.2) is 59.1 Å². The van der Waals surface area contributed by atoms with E-state index in [1.165, 1.54) is 31.9 Å². The van der Waals surface area contributed by atoms with Gasteiger partial charge in [0, 0.05) is 25.9 Å². The Morgan fingerprint density at radius 2 is 2.11 bits per heavy atom. The van der Waals surface area contributed by atoms with E-state index in [2.05, 4.69) is 17.1 Å². The second-order valence-electron chi connectivity index (χ2n) is 6.60. The molecule has 0 bridgehead atoms. The van der Waals surface area contributed by atoms with Crippen LogP contribution in [0.15, 0.2) is 0 Å². The Hall–Kier alpha value is -0.130. The standard InChI is InChI=1S/C14H30N2O2S/c1-13-6-5-7-14(10-13,11-15-2)12-16(3)8-9-19(4,17)18/h13,15H,5-12H2,1-4H3. The fourth-order valence-electron chi connectivity index (χ4n) is 3.48. The van der Waals surface area contributed by atoms with Gasteiger partial charge in [0.1, 0.15) is 9.84 Å². The molecule has 2 unspecified atom stereocenters. The van der Waals surface area contributed by atoms with Crippen LogP contribution in [0.1, 0.15) is 32.6 Å². The molecule has 1 N–H and O–H groups in total. The molecule has 0 aromatic rings. The SMILES string of the molecule is CNCC1(CN(C)CCS(C)(=O)=O)CCCC(C)C1. The first kappa shape index (κ1) is 16.9. The Kier molecular flexibility index (Phi) is 6.27. The second kappa shape index (κ2) is 7.04. The first-order chi connectivity index (χ1) is 8.76. The summed E-state index contributed by atoms with van der Waals surface area (Å²) in [6, 6.07) is 0. The Bertz CT molecular complexity index is 366. The molecule has 1 saturated carbocycles.